The first kappa shape index (κ1) is 15.8. The average Bonchev–Trinajstić information content (AvgIpc) is 2.67. The van der Waals surface area contributed by atoms with E-state index in [0.717, 1.165) is 29.7 Å². The molecule has 114 valence electrons. The van der Waals surface area contributed by atoms with E-state index in [1.165, 1.54) is 44.1 Å². The SMILES string of the molecule is CCNC(Cc1c(C)nn(C)c1Cl)C1CCCCCC1. The van der Waals surface area contributed by atoms with Gasteiger partial charge in [0.15, 0.2) is 0 Å². The molecule has 0 aliphatic heterocycles. The Morgan fingerprint density at radius 1 is 1.30 bits per heavy atom. The van der Waals surface area contributed by atoms with E-state index in [1.54, 1.807) is 4.68 Å². The molecule has 1 aliphatic rings. The Kier molecular flexibility index (Phi) is 5.91. The first-order valence-corrected chi connectivity index (χ1v) is 8.42. The highest BCUT2D eigenvalue weighted by atomic mass is 35.5. The lowest BCUT2D eigenvalue weighted by Crippen LogP contribution is -2.38. The van der Waals surface area contributed by atoms with Crippen LogP contribution in [0.5, 0.6) is 0 Å². The number of nitrogens with one attached hydrogen (secondary N) is 1. The maximum atomic E-state index is 6.40. The molecule has 3 nitrogen and oxygen atoms in total. The number of hydrogen-bond acceptors (Lipinski definition) is 2. The normalized spacial score (nSPS) is 19.0. The van der Waals surface area contributed by atoms with Crippen LogP contribution in [0, 0.1) is 12.8 Å². The van der Waals surface area contributed by atoms with Crippen molar-refractivity contribution in [2.75, 3.05) is 6.54 Å². The summed E-state index contributed by atoms with van der Waals surface area (Å²) in [7, 11) is 1.92. The van der Waals surface area contributed by atoms with Crippen molar-refractivity contribution in [3.8, 4) is 0 Å². The zero-order valence-electron chi connectivity index (χ0n) is 13.1. The molecule has 1 heterocycles. The number of halogens is 1. The number of likely N-dealkylation sites (N-methyl/N-ethyl adjacent to an activating group) is 1. The van der Waals surface area contributed by atoms with Crippen LogP contribution in [-0.4, -0.2) is 22.4 Å². The van der Waals surface area contributed by atoms with Gasteiger partial charge in [-0.1, -0.05) is 44.2 Å². The lowest BCUT2D eigenvalue weighted by Gasteiger charge is -2.27. The fourth-order valence-electron chi connectivity index (χ4n) is 3.51. The minimum Gasteiger partial charge on any atom is -0.314 e. The van der Waals surface area contributed by atoms with E-state index in [-0.39, 0.29) is 0 Å². The van der Waals surface area contributed by atoms with E-state index in [4.69, 9.17) is 11.6 Å². The summed E-state index contributed by atoms with van der Waals surface area (Å²) in [6, 6.07) is 0.540. The summed E-state index contributed by atoms with van der Waals surface area (Å²) in [6.45, 7) is 5.29. The molecule has 1 atom stereocenters. The van der Waals surface area contributed by atoms with Crippen molar-refractivity contribution < 1.29 is 0 Å². The van der Waals surface area contributed by atoms with Gasteiger partial charge >= 0.3 is 0 Å². The van der Waals surface area contributed by atoms with Crippen molar-refractivity contribution in [1.29, 1.82) is 0 Å². The van der Waals surface area contributed by atoms with Crippen molar-refractivity contribution in [3.63, 3.8) is 0 Å². The molecule has 20 heavy (non-hydrogen) atoms. The molecule has 1 aliphatic carbocycles. The molecular formula is C16H28ClN3. The quantitative estimate of drug-likeness (QED) is 0.836. The first-order valence-electron chi connectivity index (χ1n) is 8.04. The van der Waals surface area contributed by atoms with Crippen LogP contribution in [0.2, 0.25) is 5.15 Å². The Morgan fingerprint density at radius 3 is 2.45 bits per heavy atom. The van der Waals surface area contributed by atoms with E-state index in [9.17, 15) is 0 Å². The standard InChI is InChI=1S/C16H28ClN3/c1-4-18-15(13-9-7-5-6-8-10-13)11-14-12(2)19-20(3)16(14)17/h13,15,18H,4-11H2,1-3H3. The van der Waals surface area contributed by atoms with Gasteiger partial charge in [0, 0.05) is 18.7 Å². The lowest BCUT2D eigenvalue weighted by molar-refractivity contribution is 0.321. The molecule has 0 bridgehead atoms. The van der Waals surface area contributed by atoms with Gasteiger partial charge in [-0.2, -0.15) is 5.10 Å². The smallest absolute Gasteiger partial charge is 0.130 e. The topological polar surface area (TPSA) is 29.9 Å². The Balaban J connectivity index is 2.11. The molecule has 2 rings (SSSR count). The Morgan fingerprint density at radius 2 is 1.95 bits per heavy atom. The molecule has 0 aromatic carbocycles. The van der Waals surface area contributed by atoms with E-state index in [1.807, 2.05) is 7.05 Å². The molecule has 1 N–H and O–H groups in total. The zero-order valence-corrected chi connectivity index (χ0v) is 13.8. The van der Waals surface area contributed by atoms with Gasteiger partial charge in [0.05, 0.1) is 5.69 Å². The summed E-state index contributed by atoms with van der Waals surface area (Å²) in [4.78, 5) is 0. The third-order valence-electron chi connectivity index (χ3n) is 4.63. The van der Waals surface area contributed by atoms with Crippen LogP contribution in [0.15, 0.2) is 0 Å². The molecule has 0 amide bonds. The van der Waals surface area contributed by atoms with Gasteiger partial charge in [-0.3, -0.25) is 4.68 Å². The second kappa shape index (κ2) is 7.46. The van der Waals surface area contributed by atoms with E-state index >= 15 is 0 Å². The van der Waals surface area contributed by atoms with E-state index in [2.05, 4.69) is 24.3 Å². The van der Waals surface area contributed by atoms with Crippen LogP contribution in [0.1, 0.15) is 56.7 Å². The van der Waals surface area contributed by atoms with E-state index < -0.39 is 0 Å². The van der Waals surface area contributed by atoms with Crippen molar-refractivity contribution >= 4 is 11.6 Å². The molecule has 1 aromatic heterocycles. The first-order chi connectivity index (χ1) is 9.63. The highest BCUT2D eigenvalue weighted by molar-refractivity contribution is 6.30. The summed E-state index contributed by atoms with van der Waals surface area (Å²) < 4.78 is 1.79. The summed E-state index contributed by atoms with van der Waals surface area (Å²) in [5.41, 5.74) is 2.30. The fourth-order valence-corrected chi connectivity index (χ4v) is 3.76. The van der Waals surface area contributed by atoms with Gasteiger partial charge < -0.3 is 5.32 Å². The number of rotatable bonds is 5. The molecule has 1 saturated carbocycles. The number of nitrogens with zero attached hydrogens (tertiary/aromatic N) is 2. The third kappa shape index (κ3) is 3.76. The monoisotopic (exact) mass is 297 g/mol. The highest BCUT2D eigenvalue weighted by Crippen LogP contribution is 2.29. The van der Waals surface area contributed by atoms with Crippen LogP contribution in [0.4, 0.5) is 0 Å². The van der Waals surface area contributed by atoms with Crippen LogP contribution in [0.3, 0.4) is 0 Å². The minimum atomic E-state index is 0.540. The Labute approximate surface area is 128 Å². The average molecular weight is 298 g/mol. The molecule has 4 heteroatoms. The second-order valence-electron chi connectivity index (χ2n) is 6.10. The van der Waals surface area contributed by atoms with Gasteiger partial charge in [-0.25, -0.2) is 0 Å². The lowest BCUT2D eigenvalue weighted by atomic mass is 9.88. The number of aromatic nitrogens is 2. The van der Waals surface area contributed by atoms with Gasteiger partial charge in [0.2, 0.25) is 0 Å². The van der Waals surface area contributed by atoms with Crippen LogP contribution in [0.25, 0.3) is 0 Å². The van der Waals surface area contributed by atoms with Crippen LogP contribution >= 0.6 is 11.6 Å². The Bertz CT molecular complexity index is 420. The van der Waals surface area contributed by atoms with Crippen molar-refractivity contribution in [1.82, 2.24) is 15.1 Å². The molecular weight excluding hydrogens is 270 g/mol. The molecule has 0 spiro atoms. The zero-order chi connectivity index (χ0) is 14.5. The molecule has 1 unspecified atom stereocenters. The fraction of sp³-hybridized carbons (Fsp3) is 0.812. The number of aryl methyl sites for hydroxylation is 2. The summed E-state index contributed by atoms with van der Waals surface area (Å²) in [5.74, 6) is 0.785. The van der Waals surface area contributed by atoms with Crippen LogP contribution < -0.4 is 5.32 Å². The van der Waals surface area contributed by atoms with Gasteiger partial charge in [0.1, 0.15) is 5.15 Å². The van der Waals surface area contributed by atoms with E-state index in [0.29, 0.717) is 6.04 Å². The largest absolute Gasteiger partial charge is 0.314 e. The minimum absolute atomic E-state index is 0.540. The Hall–Kier alpha value is -0.540. The maximum Gasteiger partial charge on any atom is 0.130 e. The van der Waals surface area contributed by atoms with Crippen LogP contribution in [-0.2, 0) is 13.5 Å². The molecule has 0 radical (unpaired) electrons. The third-order valence-corrected chi connectivity index (χ3v) is 5.10. The van der Waals surface area contributed by atoms with Gasteiger partial charge in [-0.05, 0) is 38.6 Å². The number of hydrogen-bond donors (Lipinski definition) is 1. The molecule has 1 aromatic rings. The summed E-state index contributed by atoms with van der Waals surface area (Å²) >= 11 is 6.40. The maximum absolute atomic E-state index is 6.40. The van der Waals surface area contributed by atoms with Gasteiger partial charge in [-0.15, -0.1) is 0 Å². The molecule has 0 saturated heterocycles. The predicted octanol–water partition coefficient (Wildman–Crippen LogP) is 3.87. The summed E-state index contributed by atoms with van der Waals surface area (Å²) in [6.07, 6.45) is 9.29. The van der Waals surface area contributed by atoms with Gasteiger partial charge in [0.25, 0.3) is 0 Å². The predicted molar refractivity (Wildman–Crippen MR) is 85.3 cm³/mol. The highest BCUT2D eigenvalue weighted by Gasteiger charge is 2.25. The van der Waals surface area contributed by atoms with Crippen molar-refractivity contribution in [3.05, 3.63) is 16.4 Å². The molecule has 1 fully saturated rings. The van der Waals surface area contributed by atoms with Crippen molar-refractivity contribution in [2.24, 2.45) is 13.0 Å². The van der Waals surface area contributed by atoms with Crippen molar-refractivity contribution in [2.45, 2.75) is 64.8 Å². The summed E-state index contributed by atoms with van der Waals surface area (Å²) in [5, 5.41) is 8.95. The second-order valence-corrected chi connectivity index (χ2v) is 6.46.